The van der Waals surface area contributed by atoms with Crippen molar-refractivity contribution in [2.75, 3.05) is 11.9 Å². The minimum Gasteiger partial charge on any atom is -0.368 e. The Labute approximate surface area is 103 Å². The average Bonchev–Trinajstić information content (AvgIpc) is 2.82. The highest BCUT2D eigenvalue weighted by atomic mass is 19.4. The van der Waals surface area contributed by atoms with Gasteiger partial charge in [0.2, 0.25) is 0 Å². The Kier molecular flexibility index (Phi) is 3.84. The maximum Gasteiger partial charge on any atom is 0.435 e. The maximum absolute atomic E-state index is 12.2. The summed E-state index contributed by atoms with van der Waals surface area (Å²) >= 11 is 0. The lowest BCUT2D eigenvalue weighted by Crippen LogP contribution is -2.11. The van der Waals surface area contributed by atoms with Gasteiger partial charge in [-0.25, -0.2) is 0 Å². The van der Waals surface area contributed by atoms with Gasteiger partial charge < -0.3 is 5.32 Å². The summed E-state index contributed by atoms with van der Waals surface area (Å²) in [7, 11) is 0. The molecule has 0 unspecified atom stereocenters. The van der Waals surface area contributed by atoms with Crippen LogP contribution in [0, 0.1) is 0 Å². The fourth-order valence-corrected chi connectivity index (χ4v) is 1.89. The Morgan fingerprint density at radius 1 is 1.22 bits per heavy atom. The molecule has 3 nitrogen and oxygen atoms in total. The molecule has 1 heterocycles. The predicted molar refractivity (Wildman–Crippen MR) is 62.1 cm³/mol. The molecule has 0 radical (unpaired) electrons. The fraction of sp³-hybridized carbons (Fsp3) is 0.500. The van der Waals surface area contributed by atoms with Crippen molar-refractivity contribution in [2.24, 2.45) is 0 Å². The number of hydrogen-bond donors (Lipinski definition) is 1. The molecule has 1 aliphatic rings. The van der Waals surface area contributed by atoms with Gasteiger partial charge in [-0.2, -0.15) is 13.2 Å². The lowest BCUT2D eigenvalue weighted by molar-refractivity contribution is -0.141. The molecule has 0 aliphatic heterocycles. The van der Waals surface area contributed by atoms with Crippen molar-refractivity contribution in [1.29, 1.82) is 0 Å². The number of nitrogens with one attached hydrogen (secondary N) is 1. The van der Waals surface area contributed by atoms with Gasteiger partial charge in [-0.3, -0.25) is 0 Å². The lowest BCUT2D eigenvalue weighted by Gasteiger charge is -2.07. The van der Waals surface area contributed by atoms with E-state index >= 15 is 0 Å². The summed E-state index contributed by atoms with van der Waals surface area (Å²) in [6.45, 7) is 0.672. The number of anilines is 1. The van der Waals surface area contributed by atoms with Gasteiger partial charge in [-0.05, 0) is 37.8 Å². The molecule has 0 fully saturated rings. The molecule has 1 aliphatic carbocycles. The largest absolute Gasteiger partial charge is 0.435 e. The van der Waals surface area contributed by atoms with Crippen LogP contribution in [0.3, 0.4) is 0 Å². The van der Waals surface area contributed by atoms with Crippen LogP contribution in [0.25, 0.3) is 0 Å². The quantitative estimate of drug-likeness (QED) is 0.840. The van der Waals surface area contributed by atoms with Crippen LogP contribution < -0.4 is 5.32 Å². The van der Waals surface area contributed by atoms with Crippen LogP contribution in [0.15, 0.2) is 23.8 Å². The number of halogens is 3. The van der Waals surface area contributed by atoms with E-state index in [9.17, 15) is 13.2 Å². The van der Waals surface area contributed by atoms with Gasteiger partial charge in [0.15, 0.2) is 5.69 Å². The second-order valence-electron chi connectivity index (χ2n) is 4.23. The Hall–Kier alpha value is -1.59. The third kappa shape index (κ3) is 3.45. The van der Waals surface area contributed by atoms with Crippen LogP contribution in [0.4, 0.5) is 19.0 Å². The van der Waals surface area contributed by atoms with Gasteiger partial charge in [0.1, 0.15) is 5.82 Å². The van der Waals surface area contributed by atoms with Crippen LogP contribution in [0.5, 0.6) is 0 Å². The van der Waals surface area contributed by atoms with E-state index in [1.165, 1.54) is 18.1 Å². The second kappa shape index (κ2) is 5.37. The van der Waals surface area contributed by atoms with Gasteiger partial charge in [0.05, 0.1) is 0 Å². The van der Waals surface area contributed by atoms with Crippen LogP contribution in [0.1, 0.15) is 31.4 Å². The topological polar surface area (TPSA) is 37.8 Å². The van der Waals surface area contributed by atoms with Crippen molar-refractivity contribution >= 4 is 5.82 Å². The molecule has 0 amide bonds. The van der Waals surface area contributed by atoms with E-state index in [2.05, 4.69) is 21.6 Å². The van der Waals surface area contributed by atoms with Crippen molar-refractivity contribution < 1.29 is 13.2 Å². The molecule has 0 aromatic carbocycles. The zero-order chi connectivity index (χ0) is 13.0. The van der Waals surface area contributed by atoms with Crippen molar-refractivity contribution in [3.05, 3.63) is 29.5 Å². The van der Waals surface area contributed by atoms with E-state index in [-0.39, 0.29) is 0 Å². The first-order valence-corrected chi connectivity index (χ1v) is 5.88. The van der Waals surface area contributed by atoms with Gasteiger partial charge in [0, 0.05) is 6.54 Å². The highest BCUT2D eigenvalue weighted by Crippen LogP contribution is 2.27. The smallest absolute Gasteiger partial charge is 0.368 e. The zero-order valence-electron chi connectivity index (χ0n) is 9.80. The molecule has 1 aromatic rings. The summed E-state index contributed by atoms with van der Waals surface area (Å²) in [6.07, 6.45) is 2.16. The molecule has 98 valence electrons. The minimum absolute atomic E-state index is 0.376. The second-order valence-corrected chi connectivity index (χ2v) is 4.23. The summed E-state index contributed by atoms with van der Waals surface area (Å²) in [4.78, 5) is 0. The average molecular weight is 257 g/mol. The number of nitrogens with zero attached hydrogens (tertiary/aromatic N) is 2. The van der Waals surface area contributed by atoms with Gasteiger partial charge in [-0.15, -0.1) is 10.2 Å². The van der Waals surface area contributed by atoms with Gasteiger partial charge >= 0.3 is 6.18 Å². The zero-order valence-corrected chi connectivity index (χ0v) is 9.80. The molecule has 1 aromatic heterocycles. The molecule has 0 spiro atoms. The SMILES string of the molecule is FC(F)(F)c1ccc(NCCC2=CCCC2)nn1. The van der Waals surface area contributed by atoms with Crippen LogP contribution in [0.2, 0.25) is 0 Å². The third-order valence-corrected chi connectivity index (χ3v) is 2.84. The minimum atomic E-state index is -4.43. The summed E-state index contributed by atoms with van der Waals surface area (Å²) in [5, 5.41) is 9.63. The van der Waals surface area contributed by atoms with Crippen molar-refractivity contribution in [2.45, 2.75) is 31.9 Å². The van der Waals surface area contributed by atoms with E-state index in [0.717, 1.165) is 25.3 Å². The summed E-state index contributed by atoms with van der Waals surface area (Å²) in [5.74, 6) is 0.376. The van der Waals surface area contributed by atoms with Crippen molar-refractivity contribution in [3.63, 3.8) is 0 Å². The summed E-state index contributed by atoms with van der Waals surface area (Å²) < 4.78 is 36.7. The van der Waals surface area contributed by atoms with Crippen LogP contribution in [-0.2, 0) is 6.18 Å². The normalized spacial score (nSPS) is 15.6. The molecule has 0 saturated heterocycles. The number of rotatable bonds is 4. The first-order chi connectivity index (χ1) is 8.55. The van der Waals surface area contributed by atoms with E-state index < -0.39 is 11.9 Å². The molecular weight excluding hydrogens is 243 g/mol. The highest BCUT2D eigenvalue weighted by Gasteiger charge is 2.32. The summed E-state index contributed by atoms with van der Waals surface area (Å²) in [6, 6.07) is 2.24. The Morgan fingerprint density at radius 3 is 2.61 bits per heavy atom. The molecule has 0 bridgehead atoms. The monoisotopic (exact) mass is 257 g/mol. The van der Waals surface area contributed by atoms with E-state index in [1.807, 2.05) is 0 Å². The van der Waals surface area contributed by atoms with E-state index in [4.69, 9.17) is 0 Å². The molecule has 0 atom stereocenters. The van der Waals surface area contributed by atoms with E-state index in [0.29, 0.717) is 12.4 Å². The number of allylic oxidation sites excluding steroid dienone is 1. The first-order valence-electron chi connectivity index (χ1n) is 5.88. The number of alkyl halides is 3. The molecular formula is C12H14F3N3. The van der Waals surface area contributed by atoms with Gasteiger partial charge in [-0.1, -0.05) is 11.6 Å². The first kappa shape index (κ1) is 12.9. The van der Waals surface area contributed by atoms with Crippen LogP contribution >= 0.6 is 0 Å². The molecule has 6 heteroatoms. The van der Waals surface area contributed by atoms with Crippen LogP contribution in [-0.4, -0.2) is 16.7 Å². The summed E-state index contributed by atoms with van der Waals surface area (Å²) in [5.41, 5.74) is 0.439. The standard InChI is InChI=1S/C12H14F3N3/c13-12(14,15)10-5-6-11(18-17-10)16-8-7-9-3-1-2-4-9/h3,5-6H,1-2,4,7-8H2,(H,16,18). The highest BCUT2D eigenvalue weighted by molar-refractivity contribution is 5.33. The lowest BCUT2D eigenvalue weighted by atomic mass is 10.2. The van der Waals surface area contributed by atoms with Crippen molar-refractivity contribution in [1.82, 2.24) is 10.2 Å². The molecule has 18 heavy (non-hydrogen) atoms. The maximum atomic E-state index is 12.2. The molecule has 2 rings (SSSR count). The Morgan fingerprint density at radius 2 is 2.06 bits per heavy atom. The third-order valence-electron chi connectivity index (χ3n) is 2.84. The molecule has 1 N–H and O–H groups in total. The van der Waals surface area contributed by atoms with E-state index in [1.54, 1.807) is 0 Å². The van der Waals surface area contributed by atoms with Gasteiger partial charge in [0.25, 0.3) is 0 Å². The number of hydrogen-bond acceptors (Lipinski definition) is 3. The Balaban J connectivity index is 1.83. The Bertz CT molecular complexity index is 423. The number of aromatic nitrogens is 2. The fourth-order valence-electron chi connectivity index (χ4n) is 1.89. The predicted octanol–water partition coefficient (Wildman–Crippen LogP) is 3.41. The molecule has 0 saturated carbocycles. The van der Waals surface area contributed by atoms with Crippen molar-refractivity contribution in [3.8, 4) is 0 Å².